The highest BCUT2D eigenvalue weighted by molar-refractivity contribution is 6.43. The molecule has 4 unspecified atom stereocenters. The Balaban J connectivity index is 1.28. The third-order valence-corrected chi connectivity index (χ3v) is 8.76. The highest BCUT2D eigenvalue weighted by atomic mass is 16.1. The molecule has 8 heteroatoms. The van der Waals surface area contributed by atoms with E-state index in [1.807, 2.05) is 0 Å². The van der Waals surface area contributed by atoms with Crippen molar-refractivity contribution in [3.8, 4) is 0 Å². The van der Waals surface area contributed by atoms with Crippen molar-refractivity contribution in [1.82, 2.24) is 15.0 Å². The molecule has 3 aliphatic carbocycles. The third kappa shape index (κ3) is 4.10. The minimum absolute atomic E-state index is 0.195. The molecule has 0 aromatic carbocycles. The van der Waals surface area contributed by atoms with Crippen LogP contribution in [0.5, 0.6) is 0 Å². The molecule has 5 aliphatic rings. The molecule has 1 N–H and O–H groups in total. The Morgan fingerprint density at radius 1 is 0.697 bits per heavy atom. The van der Waals surface area contributed by atoms with E-state index in [2.05, 4.69) is 15.2 Å². The van der Waals surface area contributed by atoms with Gasteiger partial charge in [-0.1, -0.05) is 25.7 Å². The SMILES string of the molecule is O=C1/C(=N/Nc2nc(N3CCCCC3)nc(N3CCCCC3)n2)C2CCCC3CCCC1C32. The van der Waals surface area contributed by atoms with Gasteiger partial charge >= 0.3 is 0 Å². The Bertz CT molecular complexity index is 868. The molecule has 33 heavy (non-hydrogen) atoms. The topological polar surface area (TPSA) is 86.6 Å². The number of ketones is 1. The van der Waals surface area contributed by atoms with E-state index in [1.54, 1.807) is 0 Å². The number of hydrogen-bond donors (Lipinski definition) is 1. The Kier molecular flexibility index (Phi) is 5.93. The fraction of sp³-hybridized carbons (Fsp3) is 0.800. The summed E-state index contributed by atoms with van der Waals surface area (Å²) in [6.07, 6.45) is 14.4. The minimum Gasteiger partial charge on any atom is -0.341 e. The van der Waals surface area contributed by atoms with Crippen LogP contribution < -0.4 is 15.2 Å². The standard InChI is InChI=1S/C25H37N7O/c33-22-19-12-8-10-17-9-7-11-18(20(17)19)21(22)29-30-23-26-24(31-13-3-1-4-14-31)28-25(27-23)32-15-5-2-6-16-32/h17-20H,1-16H2,(H,26,27,28,30)/b29-21+. The van der Waals surface area contributed by atoms with Crippen LogP contribution in [0.1, 0.15) is 77.0 Å². The summed E-state index contributed by atoms with van der Waals surface area (Å²) in [6.45, 7) is 3.96. The van der Waals surface area contributed by atoms with Gasteiger partial charge in [-0.15, -0.1) is 0 Å². The first kappa shape index (κ1) is 21.3. The average molecular weight is 452 g/mol. The van der Waals surface area contributed by atoms with E-state index in [0.29, 0.717) is 23.7 Å². The molecule has 3 saturated carbocycles. The maximum Gasteiger partial charge on any atom is 0.250 e. The van der Waals surface area contributed by atoms with Gasteiger partial charge in [0.2, 0.25) is 17.8 Å². The monoisotopic (exact) mass is 451 g/mol. The van der Waals surface area contributed by atoms with E-state index >= 15 is 0 Å². The second kappa shape index (κ2) is 9.18. The molecule has 1 aromatic heterocycles. The number of carbonyl (C=O) groups is 1. The van der Waals surface area contributed by atoms with Gasteiger partial charge in [-0.25, -0.2) is 5.43 Å². The van der Waals surface area contributed by atoms with E-state index in [-0.39, 0.29) is 11.7 Å². The average Bonchev–Trinajstić information content (AvgIpc) is 3.16. The summed E-state index contributed by atoms with van der Waals surface area (Å²) >= 11 is 0. The molecule has 0 bridgehead atoms. The van der Waals surface area contributed by atoms with Crippen LogP contribution in [-0.2, 0) is 4.79 Å². The molecule has 5 fully saturated rings. The van der Waals surface area contributed by atoms with Gasteiger partial charge in [0.1, 0.15) is 5.71 Å². The summed E-state index contributed by atoms with van der Waals surface area (Å²) in [5.41, 5.74) is 3.90. The van der Waals surface area contributed by atoms with Crippen molar-refractivity contribution in [2.45, 2.75) is 77.0 Å². The lowest BCUT2D eigenvalue weighted by molar-refractivity contribution is -0.118. The van der Waals surface area contributed by atoms with Gasteiger partial charge in [0.05, 0.1) is 0 Å². The molecule has 3 heterocycles. The van der Waals surface area contributed by atoms with Crippen molar-refractivity contribution in [1.29, 1.82) is 0 Å². The second-order valence-electron chi connectivity index (χ2n) is 10.7. The maximum atomic E-state index is 13.3. The lowest BCUT2D eigenvalue weighted by atomic mass is 9.65. The van der Waals surface area contributed by atoms with E-state index in [1.165, 1.54) is 64.2 Å². The largest absolute Gasteiger partial charge is 0.341 e. The zero-order valence-corrected chi connectivity index (χ0v) is 19.7. The molecule has 0 amide bonds. The summed E-state index contributed by atoms with van der Waals surface area (Å²) in [4.78, 5) is 32.2. The number of nitrogens with zero attached hydrogens (tertiary/aromatic N) is 6. The van der Waals surface area contributed by atoms with E-state index in [9.17, 15) is 4.79 Å². The normalized spacial score (nSPS) is 33.3. The van der Waals surface area contributed by atoms with E-state index in [0.717, 1.165) is 56.6 Å². The second-order valence-corrected chi connectivity index (χ2v) is 10.7. The number of piperidine rings is 2. The lowest BCUT2D eigenvalue weighted by Crippen LogP contribution is -2.34. The maximum absolute atomic E-state index is 13.3. The van der Waals surface area contributed by atoms with Gasteiger partial charge in [-0.3, -0.25) is 4.79 Å². The van der Waals surface area contributed by atoms with Crippen molar-refractivity contribution in [3.63, 3.8) is 0 Å². The molecule has 1 aromatic rings. The van der Waals surface area contributed by atoms with Crippen molar-refractivity contribution in [2.24, 2.45) is 28.8 Å². The summed E-state index contributed by atoms with van der Waals surface area (Å²) in [7, 11) is 0. The summed E-state index contributed by atoms with van der Waals surface area (Å²) in [5, 5.41) is 4.72. The van der Waals surface area contributed by atoms with Crippen molar-refractivity contribution >= 4 is 29.3 Å². The van der Waals surface area contributed by atoms with Crippen LogP contribution in [0.25, 0.3) is 0 Å². The molecule has 2 saturated heterocycles. The fourth-order valence-electron chi connectivity index (χ4n) is 7.17. The first-order valence-electron chi connectivity index (χ1n) is 13.4. The van der Waals surface area contributed by atoms with Crippen LogP contribution in [0.4, 0.5) is 17.8 Å². The van der Waals surface area contributed by atoms with Crippen molar-refractivity contribution in [2.75, 3.05) is 41.4 Å². The molecule has 6 rings (SSSR count). The quantitative estimate of drug-likeness (QED) is 0.692. The van der Waals surface area contributed by atoms with E-state index < -0.39 is 0 Å². The first-order chi connectivity index (χ1) is 16.3. The highest BCUT2D eigenvalue weighted by Crippen LogP contribution is 2.52. The summed E-state index contributed by atoms with van der Waals surface area (Å²) in [5.74, 6) is 4.01. The Morgan fingerprint density at radius 3 is 1.88 bits per heavy atom. The fourth-order valence-corrected chi connectivity index (χ4v) is 7.17. The molecular formula is C25H37N7O. The highest BCUT2D eigenvalue weighted by Gasteiger charge is 2.53. The predicted molar refractivity (Wildman–Crippen MR) is 130 cm³/mol. The van der Waals surface area contributed by atoms with Crippen LogP contribution in [0.15, 0.2) is 5.10 Å². The molecule has 2 aliphatic heterocycles. The summed E-state index contributed by atoms with van der Waals surface area (Å²) in [6, 6.07) is 0. The number of nitrogens with one attached hydrogen (secondary N) is 1. The molecule has 178 valence electrons. The van der Waals surface area contributed by atoms with E-state index in [4.69, 9.17) is 20.1 Å². The minimum atomic E-state index is 0.195. The number of aromatic nitrogens is 3. The zero-order valence-electron chi connectivity index (χ0n) is 19.7. The van der Waals surface area contributed by atoms with Crippen molar-refractivity contribution < 1.29 is 4.79 Å². The van der Waals surface area contributed by atoms with Gasteiger partial charge in [0.25, 0.3) is 0 Å². The number of anilines is 3. The number of Topliss-reactive ketones (excluding diaryl/α,β-unsaturated/α-hetero) is 1. The summed E-state index contributed by atoms with van der Waals surface area (Å²) < 4.78 is 0. The number of hydrogen-bond acceptors (Lipinski definition) is 8. The Morgan fingerprint density at radius 2 is 1.27 bits per heavy atom. The predicted octanol–water partition coefficient (Wildman–Crippen LogP) is 4.04. The Labute approximate surface area is 196 Å². The number of rotatable bonds is 4. The van der Waals surface area contributed by atoms with Gasteiger partial charge in [0.15, 0.2) is 5.78 Å². The number of hydrazone groups is 1. The van der Waals surface area contributed by atoms with Crippen LogP contribution in [-0.4, -0.2) is 52.6 Å². The third-order valence-electron chi connectivity index (χ3n) is 8.76. The first-order valence-corrected chi connectivity index (χ1v) is 13.4. The van der Waals surface area contributed by atoms with Crippen LogP contribution >= 0.6 is 0 Å². The molecule has 8 nitrogen and oxygen atoms in total. The van der Waals surface area contributed by atoms with Gasteiger partial charge < -0.3 is 9.80 Å². The van der Waals surface area contributed by atoms with Crippen LogP contribution in [0, 0.1) is 23.7 Å². The van der Waals surface area contributed by atoms with Crippen LogP contribution in [0.3, 0.4) is 0 Å². The van der Waals surface area contributed by atoms with Crippen molar-refractivity contribution in [3.05, 3.63) is 0 Å². The molecule has 0 radical (unpaired) electrons. The molecule has 0 spiro atoms. The zero-order chi connectivity index (χ0) is 22.2. The van der Waals surface area contributed by atoms with Gasteiger partial charge in [-0.05, 0) is 63.2 Å². The number of carbonyl (C=O) groups excluding carboxylic acids is 1. The van der Waals surface area contributed by atoms with Gasteiger partial charge in [0, 0.05) is 38.0 Å². The molecular weight excluding hydrogens is 414 g/mol. The van der Waals surface area contributed by atoms with Gasteiger partial charge in [-0.2, -0.15) is 20.1 Å². The Hall–Kier alpha value is -2.25. The lowest BCUT2D eigenvalue weighted by Gasteiger charge is -2.39. The smallest absolute Gasteiger partial charge is 0.250 e. The molecule has 4 atom stereocenters. The van der Waals surface area contributed by atoms with Crippen LogP contribution in [0.2, 0.25) is 0 Å².